The first kappa shape index (κ1) is 20.4. The minimum absolute atomic E-state index is 0.0490. The molecule has 2 aromatic carbocycles. The predicted molar refractivity (Wildman–Crippen MR) is 118 cm³/mol. The van der Waals surface area contributed by atoms with Crippen LogP contribution in [0.5, 0.6) is 5.75 Å². The summed E-state index contributed by atoms with van der Waals surface area (Å²) in [6.45, 7) is 4.22. The molecule has 0 saturated heterocycles. The summed E-state index contributed by atoms with van der Waals surface area (Å²) >= 11 is 0. The molecule has 0 atom stereocenters. The number of carbonyl (C=O) groups excluding carboxylic acids is 1. The van der Waals surface area contributed by atoms with Crippen molar-refractivity contribution in [2.24, 2.45) is 0 Å². The normalized spacial score (nSPS) is 10.9. The van der Waals surface area contributed by atoms with Crippen LogP contribution in [0.4, 0.5) is 0 Å². The van der Waals surface area contributed by atoms with Crippen LogP contribution >= 0.6 is 0 Å². The van der Waals surface area contributed by atoms with Crippen molar-refractivity contribution >= 4 is 22.3 Å². The number of benzene rings is 2. The third kappa shape index (κ3) is 3.80. The van der Waals surface area contributed by atoms with Crippen LogP contribution in [-0.2, 0) is 17.8 Å². The van der Waals surface area contributed by atoms with Gasteiger partial charge < -0.3 is 10.1 Å². The Morgan fingerprint density at radius 3 is 2.77 bits per heavy atom. The maximum atomic E-state index is 12.6. The van der Waals surface area contributed by atoms with E-state index in [0.717, 1.165) is 39.0 Å². The van der Waals surface area contributed by atoms with Crippen LogP contribution in [0, 0.1) is 25.2 Å². The summed E-state index contributed by atoms with van der Waals surface area (Å²) in [6.07, 6.45) is 2.39. The van der Waals surface area contributed by atoms with E-state index in [-0.39, 0.29) is 5.91 Å². The highest BCUT2D eigenvalue weighted by Gasteiger charge is 2.15. The minimum atomic E-state index is -0.0490. The SMILES string of the molecule is COc1ccc2ccccc2c1CNC(=O)CCc1c(C)nc2c(C#N)cnn2c1C. The number of methoxy groups -OCH3 is 1. The van der Waals surface area contributed by atoms with Gasteiger partial charge in [-0.15, -0.1) is 0 Å². The molecule has 2 heterocycles. The van der Waals surface area contributed by atoms with Gasteiger partial charge in [0.1, 0.15) is 17.4 Å². The van der Waals surface area contributed by atoms with Crippen molar-refractivity contribution in [1.29, 1.82) is 5.26 Å². The van der Waals surface area contributed by atoms with Crippen molar-refractivity contribution in [3.05, 3.63) is 70.7 Å². The largest absolute Gasteiger partial charge is 0.496 e. The van der Waals surface area contributed by atoms with Gasteiger partial charge >= 0.3 is 0 Å². The van der Waals surface area contributed by atoms with E-state index in [1.54, 1.807) is 11.6 Å². The number of fused-ring (bicyclic) bond motifs is 2. The number of hydrogen-bond acceptors (Lipinski definition) is 5. The monoisotopic (exact) mass is 413 g/mol. The fraction of sp³-hybridized carbons (Fsp3) is 0.250. The van der Waals surface area contributed by atoms with Gasteiger partial charge in [0, 0.05) is 29.9 Å². The molecule has 0 aliphatic heterocycles. The van der Waals surface area contributed by atoms with Gasteiger partial charge in [-0.05, 0) is 42.7 Å². The number of carbonyl (C=O) groups is 1. The van der Waals surface area contributed by atoms with E-state index in [4.69, 9.17) is 4.74 Å². The van der Waals surface area contributed by atoms with Gasteiger partial charge in [0.15, 0.2) is 5.65 Å². The van der Waals surface area contributed by atoms with Gasteiger partial charge in [-0.1, -0.05) is 30.3 Å². The van der Waals surface area contributed by atoms with E-state index in [0.29, 0.717) is 30.6 Å². The van der Waals surface area contributed by atoms with E-state index < -0.39 is 0 Å². The molecule has 1 N–H and O–H groups in total. The van der Waals surface area contributed by atoms with Crippen LogP contribution in [0.3, 0.4) is 0 Å². The van der Waals surface area contributed by atoms with Crippen LogP contribution < -0.4 is 10.1 Å². The summed E-state index contributed by atoms with van der Waals surface area (Å²) in [4.78, 5) is 17.1. The average molecular weight is 413 g/mol. The number of nitriles is 1. The topological polar surface area (TPSA) is 92.3 Å². The lowest BCUT2D eigenvalue weighted by Crippen LogP contribution is -2.24. The van der Waals surface area contributed by atoms with Crippen LogP contribution in [0.25, 0.3) is 16.4 Å². The number of nitrogens with one attached hydrogen (secondary N) is 1. The first-order chi connectivity index (χ1) is 15.0. The number of hydrogen-bond donors (Lipinski definition) is 1. The zero-order chi connectivity index (χ0) is 22.0. The van der Waals surface area contributed by atoms with Crippen molar-refractivity contribution in [3.8, 4) is 11.8 Å². The molecular weight excluding hydrogens is 390 g/mol. The Labute approximate surface area is 180 Å². The van der Waals surface area contributed by atoms with E-state index in [9.17, 15) is 10.1 Å². The second-order valence-corrected chi connectivity index (χ2v) is 7.41. The Morgan fingerprint density at radius 2 is 2.00 bits per heavy atom. The first-order valence-corrected chi connectivity index (χ1v) is 10.1. The maximum absolute atomic E-state index is 12.6. The highest BCUT2D eigenvalue weighted by Crippen LogP contribution is 2.28. The fourth-order valence-corrected chi connectivity index (χ4v) is 3.96. The van der Waals surface area contributed by atoms with Crippen molar-refractivity contribution in [2.45, 2.75) is 33.2 Å². The minimum Gasteiger partial charge on any atom is -0.496 e. The standard InChI is InChI=1S/C24H23N5O2/c1-15-19(16(2)29-24(28-15)18(12-25)13-27-29)9-11-23(30)26-14-21-20-7-5-4-6-17(20)8-10-22(21)31-3/h4-8,10,13H,9,11,14H2,1-3H3,(H,26,30). The molecule has 0 spiro atoms. The molecule has 1 amide bonds. The fourth-order valence-electron chi connectivity index (χ4n) is 3.96. The number of amides is 1. The summed E-state index contributed by atoms with van der Waals surface area (Å²) in [5.74, 6) is 0.708. The van der Waals surface area contributed by atoms with Crippen molar-refractivity contribution < 1.29 is 9.53 Å². The lowest BCUT2D eigenvalue weighted by molar-refractivity contribution is -0.121. The van der Waals surface area contributed by atoms with Gasteiger partial charge in [0.05, 0.1) is 13.3 Å². The third-order valence-corrected chi connectivity index (χ3v) is 5.61. The number of ether oxygens (including phenoxy) is 1. The molecule has 0 aliphatic rings. The Bertz CT molecular complexity index is 1330. The average Bonchev–Trinajstić information content (AvgIpc) is 3.20. The summed E-state index contributed by atoms with van der Waals surface area (Å²) in [5.41, 5.74) is 4.63. The van der Waals surface area contributed by atoms with Crippen LogP contribution in [0.2, 0.25) is 0 Å². The number of aromatic nitrogens is 3. The maximum Gasteiger partial charge on any atom is 0.220 e. The summed E-state index contributed by atoms with van der Waals surface area (Å²) < 4.78 is 7.17. The van der Waals surface area contributed by atoms with Gasteiger partial charge in [0.25, 0.3) is 0 Å². The molecule has 7 nitrogen and oxygen atoms in total. The molecule has 0 unspecified atom stereocenters. The molecule has 31 heavy (non-hydrogen) atoms. The molecule has 0 bridgehead atoms. The first-order valence-electron chi connectivity index (χ1n) is 10.1. The van der Waals surface area contributed by atoms with Crippen LogP contribution in [0.1, 0.15) is 34.5 Å². The predicted octanol–water partition coefficient (Wildman–Crippen LogP) is 3.63. The molecule has 156 valence electrons. The summed E-state index contributed by atoms with van der Waals surface area (Å²) in [5, 5.41) is 18.7. The lowest BCUT2D eigenvalue weighted by Gasteiger charge is -2.14. The van der Waals surface area contributed by atoms with Crippen LogP contribution in [0.15, 0.2) is 42.6 Å². The van der Waals surface area contributed by atoms with E-state index in [1.807, 2.05) is 50.2 Å². The summed E-state index contributed by atoms with van der Waals surface area (Å²) in [7, 11) is 1.64. The molecule has 0 radical (unpaired) electrons. The molecular formula is C24H23N5O2. The van der Waals surface area contributed by atoms with Crippen molar-refractivity contribution in [2.75, 3.05) is 7.11 Å². The van der Waals surface area contributed by atoms with E-state index in [2.05, 4.69) is 21.5 Å². The Hall–Kier alpha value is -3.92. The highest BCUT2D eigenvalue weighted by atomic mass is 16.5. The number of nitrogens with zero attached hydrogens (tertiary/aromatic N) is 4. The van der Waals surface area contributed by atoms with E-state index in [1.165, 1.54) is 6.20 Å². The zero-order valence-corrected chi connectivity index (χ0v) is 17.8. The number of rotatable bonds is 6. The Kier molecular flexibility index (Phi) is 5.54. The van der Waals surface area contributed by atoms with Crippen LogP contribution in [-0.4, -0.2) is 27.6 Å². The van der Waals surface area contributed by atoms with Gasteiger partial charge in [-0.3, -0.25) is 4.79 Å². The van der Waals surface area contributed by atoms with Gasteiger partial charge in [-0.25, -0.2) is 9.50 Å². The van der Waals surface area contributed by atoms with Crippen molar-refractivity contribution in [1.82, 2.24) is 19.9 Å². The molecule has 4 aromatic rings. The number of aryl methyl sites for hydroxylation is 2. The highest BCUT2D eigenvalue weighted by molar-refractivity contribution is 5.88. The summed E-state index contributed by atoms with van der Waals surface area (Å²) in [6, 6.07) is 14.1. The second kappa shape index (κ2) is 8.44. The molecule has 0 saturated carbocycles. The molecule has 7 heteroatoms. The smallest absolute Gasteiger partial charge is 0.220 e. The molecule has 0 aliphatic carbocycles. The molecule has 0 fully saturated rings. The third-order valence-electron chi connectivity index (χ3n) is 5.61. The lowest BCUT2D eigenvalue weighted by atomic mass is 10.0. The van der Waals surface area contributed by atoms with Crippen molar-refractivity contribution in [3.63, 3.8) is 0 Å². The Morgan fingerprint density at radius 1 is 1.19 bits per heavy atom. The van der Waals surface area contributed by atoms with Gasteiger partial charge in [0.2, 0.25) is 5.91 Å². The molecule has 2 aromatic heterocycles. The Balaban J connectivity index is 1.49. The second-order valence-electron chi connectivity index (χ2n) is 7.41. The van der Waals surface area contributed by atoms with E-state index >= 15 is 0 Å². The van der Waals surface area contributed by atoms with Gasteiger partial charge in [-0.2, -0.15) is 10.4 Å². The quantitative estimate of drug-likeness (QED) is 0.521. The molecule has 4 rings (SSSR count). The zero-order valence-electron chi connectivity index (χ0n) is 17.8.